The summed E-state index contributed by atoms with van der Waals surface area (Å²) in [5.74, 6) is 0.229. The number of halogens is 3. The molecule has 1 aliphatic heterocycles. The van der Waals surface area contributed by atoms with Gasteiger partial charge in [0.1, 0.15) is 0 Å². The van der Waals surface area contributed by atoms with E-state index in [-0.39, 0.29) is 35.7 Å². The first-order valence-electron chi connectivity index (χ1n) is 7.29. The summed E-state index contributed by atoms with van der Waals surface area (Å²) in [7, 11) is 0. The lowest BCUT2D eigenvalue weighted by Crippen LogP contribution is -2.31. The van der Waals surface area contributed by atoms with Crippen molar-refractivity contribution in [3.63, 3.8) is 0 Å². The maximum absolute atomic E-state index is 12.3. The second-order valence-electron chi connectivity index (χ2n) is 5.00. The fraction of sp³-hybridized carbons (Fsp3) is 0.533. The Morgan fingerprint density at radius 3 is 2.83 bits per heavy atom. The summed E-state index contributed by atoms with van der Waals surface area (Å²) < 4.78 is 34.4. The quantitative estimate of drug-likeness (QED) is 0.792. The molecule has 0 aromatic heterocycles. The number of carbonyl (C=O) groups is 1. The fourth-order valence-corrected chi connectivity index (χ4v) is 2.34. The van der Waals surface area contributed by atoms with Gasteiger partial charge in [-0.1, -0.05) is 6.07 Å². The molecule has 23 heavy (non-hydrogen) atoms. The van der Waals surface area contributed by atoms with Crippen molar-refractivity contribution in [2.75, 3.05) is 19.7 Å². The maximum Gasteiger partial charge on any atom is 0.387 e. The van der Waals surface area contributed by atoms with Crippen LogP contribution in [0.5, 0.6) is 11.5 Å². The van der Waals surface area contributed by atoms with Crippen LogP contribution in [0.3, 0.4) is 0 Å². The van der Waals surface area contributed by atoms with Crippen LogP contribution in [0, 0.1) is 5.92 Å². The monoisotopic (exact) mass is 350 g/mol. The maximum atomic E-state index is 12.3. The van der Waals surface area contributed by atoms with Gasteiger partial charge in [0.2, 0.25) is 5.91 Å². The van der Waals surface area contributed by atoms with Crippen LogP contribution in [0.15, 0.2) is 18.2 Å². The molecule has 1 aliphatic rings. The van der Waals surface area contributed by atoms with E-state index in [0.717, 1.165) is 18.5 Å². The third-order valence-electron chi connectivity index (χ3n) is 3.42. The van der Waals surface area contributed by atoms with E-state index in [1.165, 1.54) is 6.07 Å². The van der Waals surface area contributed by atoms with Gasteiger partial charge in [-0.05, 0) is 37.6 Å². The smallest absolute Gasteiger partial charge is 0.387 e. The summed E-state index contributed by atoms with van der Waals surface area (Å²) in [5.41, 5.74) is 0.768. The van der Waals surface area contributed by atoms with E-state index in [1.807, 2.05) is 0 Å². The molecule has 1 atom stereocenters. The van der Waals surface area contributed by atoms with Crippen molar-refractivity contribution in [2.45, 2.75) is 26.5 Å². The lowest BCUT2D eigenvalue weighted by molar-refractivity contribution is -0.124. The number of hydrogen-bond acceptors (Lipinski definition) is 4. The number of carbonyl (C=O) groups excluding carboxylic acids is 1. The van der Waals surface area contributed by atoms with Crippen LogP contribution in [0.1, 0.15) is 18.9 Å². The number of nitrogens with one attached hydrogen (secondary N) is 2. The van der Waals surface area contributed by atoms with Crippen molar-refractivity contribution in [3.8, 4) is 11.5 Å². The van der Waals surface area contributed by atoms with Gasteiger partial charge in [-0.25, -0.2) is 0 Å². The van der Waals surface area contributed by atoms with Crippen molar-refractivity contribution in [1.82, 2.24) is 10.6 Å². The largest absolute Gasteiger partial charge is 0.490 e. The van der Waals surface area contributed by atoms with Gasteiger partial charge < -0.3 is 20.1 Å². The van der Waals surface area contributed by atoms with Gasteiger partial charge >= 0.3 is 6.61 Å². The Balaban J connectivity index is 0.00000264. The molecule has 1 fully saturated rings. The van der Waals surface area contributed by atoms with Gasteiger partial charge in [-0.3, -0.25) is 4.79 Å². The molecule has 1 amide bonds. The Labute approximate surface area is 140 Å². The SMILES string of the molecule is CCOc1cc(CNC(=O)C2CCNC2)ccc1OC(F)F.Cl. The van der Waals surface area contributed by atoms with Crippen molar-refractivity contribution in [2.24, 2.45) is 5.92 Å². The summed E-state index contributed by atoms with van der Waals surface area (Å²) in [5, 5.41) is 5.98. The van der Waals surface area contributed by atoms with Gasteiger partial charge in [0.15, 0.2) is 11.5 Å². The van der Waals surface area contributed by atoms with E-state index in [4.69, 9.17) is 4.74 Å². The van der Waals surface area contributed by atoms with Gasteiger partial charge in [-0.15, -0.1) is 12.4 Å². The second-order valence-corrected chi connectivity index (χ2v) is 5.00. The van der Waals surface area contributed by atoms with Crippen LogP contribution in [-0.4, -0.2) is 32.2 Å². The molecule has 0 spiro atoms. The second kappa shape index (κ2) is 9.52. The molecule has 0 bridgehead atoms. The molecule has 1 heterocycles. The highest BCUT2D eigenvalue weighted by atomic mass is 35.5. The molecule has 1 aromatic rings. The van der Waals surface area contributed by atoms with Crippen LogP contribution >= 0.6 is 12.4 Å². The lowest BCUT2D eigenvalue weighted by Gasteiger charge is -2.14. The molecule has 0 saturated carbocycles. The number of benzene rings is 1. The van der Waals surface area contributed by atoms with Crippen molar-refractivity contribution in [3.05, 3.63) is 23.8 Å². The Hall–Kier alpha value is -1.60. The third-order valence-corrected chi connectivity index (χ3v) is 3.42. The van der Waals surface area contributed by atoms with Crippen molar-refractivity contribution < 1.29 is 23.0 Å². The number of alkyl halides is 2. The van der Waals surface area contributed by atoms with Crippen LogP contribution in [0.4, 0.5) is 8.78 Å². The Morgan fingerprint density at radius 1 is 1.43 bits per heavy atom. The highest BCUT2D eigenvalue weighted by Crippen LogP contribution is 2.29. The van der Waals surface area contributed by atoms with E-state index < -0.39 is 6.61 Å². The van der Waals surface area contributed by atoms with Crippen LogP contribution in [-0.2, 0) is 11.3 Å². The summed E-state index contributed by atoms with van der Waals surface area (Å²) in [6.45, 7) is 1.06. The van der Waals surface area contributed by atoms with E-state index in [0.29, 0.717) is 19.7 Å². The normalized spacial score (nSPS) is 16.8. The zero-order valence-electron chi connectivity index (χ0n) is 12.8. The summed E-state index contributed by atoms with van der Waals surface area (Å²) in [4.78, 5) is 11.9. The molecule has 0 radical (unpaired) electrons. The first-order chi connectivity index (χ1) is 10.6. The summed E-state index contributed by atoms with van der Waals surface area (Å²) in [6, 6.07) is 4.66. The van der Waals surface area contributed by atoms with Crippen molar-refractivity contribution >= 4 is 18.3 Å². The molecule has 1 aromatic carbocycles. The minimum Gasteiger partial charge on any atom is -0.490 e. The topological polar surface area (TPSA) is 59.6 Å². The predicted molar refractivity (Wildman–Crippen MR) is 84.3 cm³/mol. The number of ether oxygens (including phenoxy) is 2. The molecule has 1 saturated heterocycles. The Bertz CT molecular complexity index is 511. The highest BCUT2D eigenvalue weighted by Gasteiger charge is 2.22. The average molecular weight is 351 g/mol. The van der Waals surface area contributed by atoms with E-state index in [1.54, 1.807) is 19.1 Å². The number of amides is 1. The van der Waals surface area contributed by atoms with Crippen molar-refractivity contribution in [1.29, 1.82) is 0 Å². The average Bonchev–Trinajstić information content (AvgIpc) is 3.01. The van der Waals surface area contributed by atoms with Gasteiger partial charge in [0.05, 0.1) is 12.5 Å². The zero-order valence-corrected chi connectivity index (χ0v) is 13.6. The summed E-state index contributed by atoms with van der Waals surface area (Å²) >= 11 is 0. The standard InChI is InChI=1S/C15H20F2N2O3.ClH/c1-2-21-13-7-10(3-4-12(13)22-15(16)17)8-19-14(20)11-5-6-18-9-11;/h3-4,7,11,15,18H,2,5-6,8-9H2,1H3,(H,19,20);1H. The van der Waals surface area contributed by atoms with Crippen LogP contribution in [0.2, 0.25) is 0 Å². The fourth-order valence-electron chi connectivity index (χ4n) is 2.34. The minimum absolute atomic E-state index is 0. The number of hydrogen-bond donors (Lipinski definition) is 2. The molecule has 130 valence electrons. The lowest BCUT2D eigenvalue weighted by atomic mass is 10.1. The third kappa shape index (κ3) is 5.84. The van der Waals surface area contributed by atoms with E-state index in [9.17, 15) is 13.6 Å². The molecule has 8 heteroatoms. The molecule has 2 rings (SSSR count). The van der Waals surface area contributed by atoms with Crippen LogP contribution < -0.4 is 20.1 Å². The molecule has 2 N–H and O–H groups in total. The van der Waals surface area contributed by atoms with Gasteiger partial charge in [0, 0.05) is 13.1 Å². The minimum atomic E-state index is -2.90. The highest BCUT2D eigenvalue weighted by molar-refractivity contribution is 5.85. The molecular formula is C15H21ClF2N2O3. The zero-order chi connectivity index (χ0) is 15.9. The first kappa shape index (κ1) is 19.4. The number of rotatable bonds is 7. The van der Waals surface area contributed by atoms with Gasteiger partial charge in [-0.2, -0.15) is 8.78 Å². The summed E-state index contributed by atoms with van der Waals surface area (Å²) in [6.07, 6.45) is 0.831. The molecule has 0 aliphatic carbocycles. The molecule has 1 unspecified atom stereocenters. The van der Waals surface area contributed by atoms with E-state index >= 15 is 0 Å². The van der Waals surface area contributed by atoms with E-state index in [2.05, 4.69) is 15.4 Å². The first-order valence-corrected chi connectivity index (χ1v) is 7.29. The Kier molecular flexibility index (Phi) is 8.05. The van der Waals surface area contributed by atoms with Crippen LogP contribution in [0.25, 0.3) is 0 Å². The molecule has 5 nitrogen and oxygen atoms in total. The predicted octanol–water partition coefficient (Wildman–Crippen LogP) is 2.33. The molecular weight excluding hydrogens is 330 g/mol. The van der Waals surface area contributed by atoms with Gasteiger partial charge in [0.25, 0.3) is 0 Å². The Morgan fingerprint density at radius 2 is 2.22 bits per heavy atom.